The van der Waals surface area contributed by atoms with Crippen molar-refractivity contribution in [1.29, 1.82) is 0 Å². The minimum atomic E-state index is 0.843. The number of fused-ring (bicyclic) bond motifs is 2. The fourth-order valence-corrected chi connectivity index (χ4v) is 2.97. The molecule has 2 nitrogen and oxygen atoms in total. The molecule has 2 N–H and O–H groups in total. The zero-order valence-electron chi connectivity index (χ0n) is 11.1. The fraction of sp³-hybridized carbons (Fsp3) is 0.0556. The topological polar surface area (TPSA) is 29.0 Å². The molecular weight excluding hydrogens is 244 g/mol. The van der Waals surface area contributed by atoms with E-state index in [1.54, 1.807) is 0 Å². The van der Waals surface area contributed by atoms with E-state index < -0.39 is 0 Å². The Morgan fingerprint density at radius 3 is 2.45 bits per heavy atom. The molecule has 1 heterocycles. The third-order valence-electron chi connectivity index (χ3n) is 3.97. The van der Waals surface area contributed by atoms with Gasteiger partial charge in [-0.15, -0.1) is 0 Å². The van der Waals surface area contributed by atoms with Gasteiger partial charge in [-0.1, -0.05) is 54.6 Å². The van der Waals surface area contributed by atoms with Crippen LogP contribution < -0.4 is 5.73 Å². The molecule has 0 bridgehead atoms. The van der Waals surface area contributed by atoms with Crippen molar-refractivity contribution in [3.63, 3.8) is 0 Å². The van der Waals surface area contributed by atoms with Gasteiger partial charge < -0.3 is 0 Å². The first-order valence-corrected chi connectivity index (χ1v) is 6.80. The van der Waals surface area contributed by atoms with E-state index in [0.717, 1.165) is 17.9 Å². The second-order valence-electron chi connectivity index (χ2n) is 5.13. The van der Waals surface area contributed by atoms with Gasteiger partial charge in [0.25, 0.3) is 5.84 Å². The summed E-state index contributed by atoms with van der Waals surface area (Å²) in [6.07, 6.45) is 0. The average molecular weight is 259 g/mol. The van der Waals surface area contributed by atoms with Crippen molar-refractivity contribution >= 4 is 22.3 Å². The molecule has 1 aliphatic heterocycles. The lowest BCUT2D eigenvalue weighted by atomic mass is 10.1. The molecule has 0 spiro atoms. The number of benzene rings is 3. The first-order valence-electron chi connectivity index (χ1n) is 6.80. The Morgan fingerprint density at radius 2 is 1.55 bits per heavy atom. The number of nitrogens with zero attached hydrogens (tertiary/aromatic N) is 1. The normalized spacial score (nSPS) is 13.8. The van der Waals surface area contributed by atoms with Gasteiger partial charge in [0.1, 0.15) is 12.2 Å². The summed E-state index contributed by atoms with van der Waals surface area (Å²) in [6, 6.07) is 23.1. The van der Waals surface area contributed by atoms with Crippen molar-refractivity contribution in [1.82, 2.24) is 0 Å². The second-order valence-corrected chi connectivity index (χ2v) is 5.13. The maximum Gasteiger partial charge on any atom is 0.280 e. The Hall–Kier alpha value is -2.61. The van der Waals surface area contributed by atoms with Crippen LogP contribution in [0.1, 0.15) is 11.1 Å². The van der Waals surface area contributed by atoms with E-state index in [1.165, 1.54) is 22.0 Å². The van der Waals surface area contributed by atoms with Gasteiger partial charge in [0.05, 0.1) is 5.56 Å². The SMILES string of the molecule is NC1=[N+](c2cccc3ccccc23)Cc2ccccc21. The zero-order valence-corrected chi connectivity index (χ0v) is 11.1. The lowest BCUT2D eigenvalue weighted by Gasteiger charge is -2.06. The lowest BCUT2D eigenvalue weighted by Crippen LogP contribution is -2.20. The van der Waals surface area contributed by atoms with Crippen LogP contribution in [0.2, 0.25) is 0 Å². The molecular formula is C18H15N2+. The van der Waals surface area contributed by atoms with E-state index in [4.69, 9.17) is 5.73 Å². The van der Waals surface area contributed by atoms with Crippen LogP contribution in [-0.2, 0) is 6.54 Å². The summed E-state index contributed by atoms with van der Waals surface area (Å²) in [7, 11) is 0. The van der Waals surface area contributed by atoms with Crippen LogP contribution in [0.4, 0.5) is 5.69 Å². The van der Waals surface area contributed by atoms with Gasteiger partial charge in [0, 0.05) is 10.9 Å². The summed E-state index contributed by atoms with van der Waals surface area (Å²) in [5, 5.41) is 2.49. The Morgan fingerprint density at radius 1 is 0.800 bits per heavy atom. The van der Waals surface area contributed by atoms with E-state index in [1.807, 2.05) is 6.07 Å². The highest BCUT2D eigenvalue weighted by atomic mass is 15.1. The third-order valence-corrected chi connectivity index (χ3v) is 3.97. The van der Waals surface area contributed by atoms with E-state index in [9.17, 15) is 0 Å². The van der Waals surface area contributed by atoms with Gasteiger partial charge in [-0.3, -0.25) is 5.73 Å². The van der Waals surface area contributed by atoms with Crippen LogP contribution in [0.15, 0.2) is 66.7 Å². The predicted octanol–water partition coefficient (Wildman–Crippen LogP) is 3.40. The van der Waals surface area contributed by atoms with Crippen LogP contribution in [0.5, 0.6) is 0 Å². The van der Waals surface area contributed by atoms with Gasteiger partial charge in [-0.25, -0.2) is 4.58 Å². The molecule has 0 saturated carbocycles. The number of hydrogen-bond acceptors (Lipinski definition) is 1. The predicted molar refractivity (Wildman–Crippen MR) is 82.3 cm³/mol. The van der Waals surface area contributed by atoms with Gasteiger partial charge in [0.2, 0.25) is 0 Å². The molecule has 0 amide bonds. The van der Waals surface area contributed by atoms with Crippen molar-refractivity contribution in [2.45, 2.75) is 6.54 Å². The molecule has 4 rings (SSSR count). The van der Waals surface area contributed by atoms with E-state index >= 15 is 0 Å². The summed E-state index contributed by atoms with van der Waals surface area (Å²) in [5.41, 5.74) is 9.98. The van der Waals surface area contributed by atoms with E-state index in [0.29, 0.717) is 0 Å². The number of hydrogen-bond donors (Lipinski definition) is 1. The number of amidine groups is 1. The molecule has 3 aromatic carbocycles. The zero-order chi connectivity index (χ0) is 13.5. The molecule has 0 radical (unpaired) electrons. The van der Waals surface area contributed by atoms with Crippen LogP contribution in [0.25, 0.3) is 10.8 Å². The van der Waals surface area contributed by atoms with E-state index in [-0.39, 0.29) is 0 Å². The highest BCUT2D eigenvalue weighted by Gasteiger charge is 2.26. The molecule has 2 heteroatoms. The molecule has 3 aromatic rings. The quantitative estimate of drug-likeness (QED) is 0.667. The lowest BCUT2D eigenvalue weighted by molar-refractivity contribution is -0.451. The van der Waals surface area contributed by atoms with Crippen molar-refractivity contribution in [3.05, 3.63) is 77.9 Å². The Bertz CT molecular complexity index is 841. The summed E-state index contributed by atoms with van der Waals surface area (Å²) in [6.45, 7) is 0.843. The minimum absolute atomic E-state index is 0.843. The highest BCUT2D eigenvalue weighted by molar-refractivity contribution is 5.99. The van der Waals surface area contributed by atoms with Crippen LogP contribution in [0.3, 0.4) is 0 Å². The van der Waals surface area contributed by atoms with Gasteiger partial charge in [-0.2, -0.15) is 0 Å². The summed E-state index contributed by atoms with van der Waals surface area (Å²) >= 11 is 0. The molecule has 20 heavy (non-hydrogen) atoms. The summed E-state index contributed by atoms with van der Waals surface area (Å²) < 4.78 is 2.20. The Labute approximate surface area is 117 Å². The monoisotopic (exact) mass is 259 g/mol. The molecule has 0 aromatic heterocycles. The number of nitrogens with two attached hydrogens (primary N) is 1. The molecule has 0 saturated heterocycles. The standard InChI is InChI=1S/C18H14N2/c19-18-16-10-4-2-7-14(16)12-20(18)17-11-5-8-13-6-1-3-9-15(13)17/h1-11,19H,12H2/p+1. The second kappa shape index (κ2) is 4.20. The minimum Gasteiger partial charge on any atom is -0.286 e. The van der Waals surface area contributed by atoms with E-state index in [2.05, 4.69) is 65.2 Å². The maximum atomic E-state index is 6.36. The number of rotatable bonds is 1. The van der Waals surface area contributed by atoms with Crippen molar-refractivity contribution in [2.24, 2.45) is 5.73 Å². The molecule has 1 aliphatic rings. The smallest absolute Gasteiger partial charge is 0.280 e. The summed E-state index contributed by atoms with van der Waals surface area (Å²) in [4.78, 5) is 0. The van der Waals surface area contributed by atoms with Gasteiger partial charge >= 0.3 is 0 Å². The van der Waals surface area contributed by atoms with Crippen molar-refractivity contribution in [3.8, 4) is 0 Å². The van der Waals surface area contributed by atoms with Gasteiger partial charge in [0.15, 0.2) is 0 Å². The van der Waals surface area contributed by atoms with Crippen LogP contribution >= 0.6 is 0 Å². The molecule has 0 fully saturated rings. The molecule has 0 unspecified atom stereocenters. The Kier molecular flexibility index (Phi) is 2.36. The largest absolute Gasteiger partial charge is 0.286 e. The highest BCUT2D eigenvalue weighted by Crippen LogP contribution is 2.30. The molecule has 96 valence electrons. The first-order chi connectivity index (χ1) is 9.84. The fourth-order valence-electron chi connectivity index (χ4n) is 2.97. The van der Waals surface area contributed by atoms with Crippen LogP contribution in [0, 0.1) is 0 Å². The van der Waals surface area contributed by atoms with Crippen LogP contribution in [-0.4, -0.2) is 10.4 Å². The molecule has 0 atom stereocenters. The maximum absolute atomic E-state index is 6.36. The van der Waals surface area contributed by atoms with Crippen molar-refractivity contribution < 1.29 is 4.58 Å². The van der Waals surface area contributed by atoms with Gasteiger partial charge in [-0.05, 0) is 17.5 Å². The summed E-state index contributed by atoms with van der Waals surface area (Å²) in [5.74, 6) is 0.844. The third kappa shape index (κ3) is 1.55. The first kappa shape index (κ1) is 11.2. The Balaban J connectivity index is 1.96. The molecule has 0 aliphatic carbocycles. The van der Waals surface area contributed by atoms with Crippen molar-refractivity contribution in [2.75, 3.05) is 0 Å². The average Bonchev–Trinajstić information content (AvgIpc) is 2.84.